The van der Waals surface area contributed by atoms with Gasteiger partial charge in [-0.2, -0.15) is 0 Å². The first kappa shape index (κ1) is 14.2. The largest absolute Gasteiger partial charge is 0.294 e. The molecule has 25 heavy (non-hydrogen) atoms. The third kappa shape index (κ3) is 2.20. The number of ketones is 1. The smallest absolute Gasteiger partial charge is 0.167 e. The molecule has 1 heteroatoms. The molecule has 0 saturated carbocycles. The summed E-state index contributed by atoms with van der Waals surface area (Å²) in [7, 11) is 0. The molecular weight excluding hydrogens is 304 g/mol. The molecule has 0 unspecified atom stereocenters. The Kier molecular flexibility index (Phi) is 3.07. The SMILES string of the molecule is O=C(Cc1ccccc1)c1ccc2ccc3cccc4ccc1c2c34. The molecule has 0 aromatic heterocycles. The molecule has 5 aromatic rings. The van der Waals surface area contributed by atoms with Gasteiger partial charge in [0.05, 0.1) is 0 Å². The Bertz CT molecular complexity index is 1200. The highest BCUT2D eigenvalue weighted by Crippen LogP contribution is 2.36. The summed E-state index contributed by atoms with van der Waals surface area (Å²) < 4.78 is 0. The van der Waals surface area contributed by atoms with Crippen molar-refractivity contribution in [1.82, 2.24) is 0 Å². The lowest BCUT2D eigenvalue weighted by atomic mass is 9.90. The minimum atomic E-state index is 0.170. The Labute approximate surface area is 145 Å². The zero-order valence-electron chi connectivity index (χ0n) is 13.7. The maximum absolute atomic E-state index is 13.0. The molecule has 5 aromatic carbocycles. The predicted molar refractivity (Wildman–Crippen MR) is 105 cm³/mol. The molecule has 0 bridgehead atoms. The fraction of sp³-hybridized carbons (Fsp3) is 0.0417. The van der Waals surface area contributed by atoms with Gasteiger partial charge in [0.25, 0.3) is 0 Å². The molecule has 0 heterocycles. The second-order valence-electron chi connectivity index (χ2n) is 6.55. The van der Waals surface area contributed by atoms with Crippen LogP contribution < -0.4 is 0 Å². The number of rotatable bonds is 3. The topological polar surface area (TPSA) is 17.1 Å². The average Bonchev–Trinajstić information content (AvgIpc) is 2.67. The van der Waals surface area contributed by atoms with E-state index in [0.29, 0.717) is 6.42 Å². The average molecular weight is 320 g/mol. The molecule has 0 aliphatic heterocycles. The first-order valence-electron chi connectivity index (χ1n) is 8.55. The minimum Gasteiger partial charge on any atom is -0.294 e. The third-order valence-corrected chi connectivity index (χ3v) is 5.04. The van der Waals surface area contributed by atoms with E-state index >= 15 is 0 Å². The van der Waals surface area contributed by atoms with Crippen molar-refractivity contribution >= 4 is 38.1 Å². The third-order valence-electron chi connectivity index (χ3n) is 5.04. The molecule has 5 rings (SSSR count). The van der Waals surface area contributed by atoms with Gasteiger partial charge < -0.3 is 0 Å². The molecule has 0 N–H and O–H groups in total. The molecule has 0 atom stereocenters. The highest BCUT2D eigenvalue weighted by Gasteiger charge is 2.15. The van der Waals surface area contributed by atoms with Crippen LogP contribution in [0.15, 0.2) is 84.9 Å². The van der Waals surface area contributed by atoms with Crippen molar-refractivity contribution in [3.63, 3.8) is 0 Å². The second-order valence-corrected chi connectivity index (χ2v) is 6.55. The molecular formula is C24H16O. The summed E-state index contributed by atoms with van der Waals surface area (Å²) in [6.07, 6.45) is 0.435. The summed E-state index contributed by atoms with van der Waals surface area (Å²) in [4.78, 5) is 13.0. The molecule has 0 saturated heterocycles. The minimum absolute atomic E-state index is 0.170. The Morgan fingerprint density at radius 1 is 0.600 bits per heavy atom. The van der Waals surface area contributed by atoms with E-state index in [-0.39, 0.29) is 5.78 Å². The summed E-state index contributed by atoms with van der Waals surface area (Å²) in [6.45, 7) is 0. The van der Waals surface area contributed by atoms with Gasteiger partial charge in [-0.1, -0.05) is 84.9 Å². The van der Waals surface area contributed by atoms with E-state index in [1.807, 2.05) is 36.4 Å². The predicted octanol–water partition coefficient (Wildman–Crippen LogP) is 6.01. The van der Waals surface area contributed by atoms with Gasteiger partial charge in [0.2, 0.25) is 0 Å². The lowest BCUT2D eigenvalue weighted by Crippen LogP contribution is -2.04. The molecule has 0 fully saturated rings. The van der Waals surface area contributed by atoms with E-state index in [2.05, 4.69) is 48.5 Å². The zero-order valence-corrected chi connectivity index (χ0v) is 13.7. The van der Waals surface area contributed by atoms with E-state index in [0.717, 1.165) is 16.5 Å². The van der Waals surface area contributed by atoms with Crippen LogP contribution in [0.5, 0.6) is 0 Å². The van der Waals surface area contributed by atoms with Crippen molar-refractivity contribution in [1.29, 1.82) is 0 Å². The van der Waals surface area contributed by atoms with Crippen LogP contribution in [0.2, 0.25) is 0 Å². The number of hydrogen-bond donors (Lipinski definition) is 0. The van der Waals surface area contributed by atoms with Crippen molar-refractivity contribution in [2.45, 2.75) is 6.42 Å². The van der Waals surface area contributed by atoms with Crippen molar-refractivity contribution in [2.24, 2.45) is 0 Å². The quantitative estimate of drug-likeness (QED) is 0.294. The molecule has 118 valence electrons. The standard InChI is InChI=1S/C24H16O/c25-22(15-16-5-2-1-3-6-16)20-13-11-19-10-9-17-7-4-8-18-12-14-21(20)24(19)23(17)18/h1-14H,15H2. The van der Waals surface area contributed by atoms with Crippen molar-refractivity contribution in [2.75, 3.05) is 0 Å². The Hall–Kier alpha value is -3.19. The molecule has 0 aliphatic rings. The molecule has 1 nitrogen and oxygen atoms in total. The summed E-state index contributed by atoms with van der Waals surface area (Å²) in [5.74, 6) is 0.170. The van der Waals surface area contributed by atoms with Crippen LogP contribution in [0.4, 0.5) is 0 Å². The fourth-order valence-corrected chi connectivity index (χ4v) is 3.85. The first-order valence-corrected chi connectivity index (χ1v) is 8.55. The van der Waals surface area contributed by atoms with Gasteiger partial charge >= 0.3 is 0 Å². The molecule has 0 amide bonds. The van der Waals surface area contributed by atoms with Crippen LogP contribution in [-0.4, -0.2) is 5.78 Å². The summed E-state index contributed by atoms with van der Waals surface area (Å²) in [6, 6.07) is 28.9. The number of hydrogen-bond acceptors (Lipinski definition) is 1. The van der Waals surface area contributed by atoms with Crippen LogP contribution in [0.25, 0.3) is 32.3 Å². The van der Waals surface area contributed by atoms with Crippen LogP contribution in [0.3, 0.4) is 0 Å². The monoisotopic (exact) mass is 320 g/mol. The van der Waals surface area contributed by atoms with Crippen LogP contribution in [-0.2, 0) is 6.42 Å². The highest BCUT2D eigenvalue weighted by atomic mass is 16.1. The Morgan fingerprint density at radius 3 is 2.00 bits per heavy atom. The number of Topliss-reactive ketones (excluding diaryl/α,β-unsaturated/α-hetero) is 1. The van der Waals surface area contributed by atoms with Gasteiger partial charge in [-0.05, 0) is 37.9 Å². The summed E-state index contributed by atoms with van der Waals surface area (Å²) >= 11 is 0. The van der Waals surface area contributed by atoms with Crippen LogP contribution in [0.1, 0.15) is 15.9 Å². The van der Waals surface area contributed by atoms with E-state index < -0.39 is 0 Å². The number of carbonyl (C=O) groups is 1. The molecule has 0 radical (unpaired) electrons. The van der Waals surface area contributed by atoms with E-state index in [1.165, 1.54) is 26.9 Å². The Morgan fingerprint density at radius 2 is 1.24 bits per heavy atom. The van der Waals surface area contributed by atoms with Gasteiger partial charge in [-0.25, -0.2) is 0 Å². The van der Waals surface area contributed by atoms with Crippen LogP contribution >= 0.6 is 0 Å². The van der Waals surface area contributed by atoms with E-state index in [4.69, 9.17) is 0 Å². The van der Waals surface area contributed by atoms with Gasteiger partial charge in [-0.15, -0.1) is 0 Å². The first-order chi connectivity index (χ1) is 12.3. The lowest BCUT2D eigenvalue weighted by Gasteiger charge is -2.13. The van der Waals surface area contributed by atoms with E-state index in [9.17, 15) is 4.79 Å². The normalized spacial score (nSPS) is 11.5. The molecule has 0 aliphatic carbocycles. The van der Waals surface area contributed by atoms with Crippen molar-refractivity contribution < 1.29 is 4.79 Å². The van der Waals surface area contributed by atoms with Gasteiger partial charge in [0.1, 0.15) is 0 Å². The van der Waals surface area contributed by atoms with Gasteiger partial charge in [-0.3, -0.25) is 4.79 Å². The van der Waals surface area contributed by atoms with E-state index in [1.54, 1.807) is 0 Å². The maximum Gasteiger partial charge on any atom is 0.167 e. The summed E-state index contributed by atoms with van der Waals surface area (Å²) in [5.41, 5.74) is 1.87. The fourth-order valence-electron chi connectivity index (χ4n) is 3.85. The molecule has 0 spiro atoms. The van der Waals surface area contributed by atoms with Crippen molar-refractivity contribution in [3.8, 4) is 0 Å². The highest BCUT2D eigenvalue weighted by molar-refractivity contribution is 6.26. The maximum atomic E-state index is 13.0. The van der Waals surface area contributed by atoms with Crippen molar-refractivity contribution in [3.05, 3.63) is 96.1 Å². The van der Waals surface area contributed by atoms with Gasteiger partial charge in [0, 0.05) is 12.0 Å². The second kappa shape index (κ2) is 5.42. The summed E-state index contributed by atoms with van der Waals surface area (Å²) in [5, 5.41) is 7.16. The zero-order chi connectivity index (χ0) is 16.8. The Balaban J connectivity index is 1.75. The number of carbonyl (C=O) groups excluding carboxylic acids is 1. The van der Waals surface area contributed by atoms with Gasteiger partial charge in [0.15, 0.2) is 5.78 Å². The van der Waals surface area contributed by atoms with Crippen LogP contribution in [0, 0.1) is 0 Å². The number of benzene rings is 5. The lowest BCUT2D eigenvalue weighted by molar-refractivity contribution is 0.0994.